The molecule has 0 aliphatic carbocycles. The number of likely N-dealkylation sites (tertiary alicyclic amines) is 1. The molecule has 0 bridgehead atoms. The van der Waals surface area contributed by atoms with Crippen LogP contribution in [0, 0.1) is 0 Å². The van der Waals surface area contributed by atoms with E-state index in [4.69, 9.17) is 20.9 Å². The number of methoxy groups -OCH3 is 1. The van der Waals surface area contributed by atoms with Gasteiger partial charge >= 0.3 is 0 Å². The van der Waals surface area contributed by atoms with Crippen LogP contribution in [0.2, 0.25) is 5.02 Å². The van der Waals surface area contributed by atoms with E-state index >= 15 is 0 Å². The summed E-state index contributed by atoms with van der Waals surface area (Å²) < 4.78 is 10.6. The second-order valence-electron chi connectivity index (χ2n) is 6.69. The Hall–Kier alpha value is -2.60. The van der Waals surface area contributed by atoms with Gasteiger partial charge in [0.05, 0.1) is 24.2 Å². The molecule has 6 nitrogen and oxygen atoms in total. The molecule has 0 radical (unpaired) electrons. The van der Waals surface area contributed by atoms with Crippen LogP contribution in [0.5, 0.6) is 5.75 Å². The van der Waals surface area contributed by atoms with Crippen molar-refractivity contribution in [2.45, 2.75) is 25.2 Å². The van der Waals surface area contributed by atoms with Crippen molar-refractivity contribution in [1.82, 2.24) is 15.0 Å². The largest absolute Gasteiger partial charge is 0.497 e. The Morgan fingerprint density at radius 1 is 1.33 bits per heavy atom. The van der Waals surface area contributed by atoms with Crippen molar-refractivity contribution in [2.24, 2.45) is 0 Å². The maximum Gasteiger partial charge on any atom is 0.228 e. The van der Waals surface area contributed by atoms with Crippen molar-refractivity contribution >= 4 is 28.5 Å². The van der Waals surface area contributed by atoms with Crippen LogP contribution in [0.1, 0.15) is 30.1 Å². The van der Waals surface area contributed by atoms with Gasteiger partial charge in [0.1, 0.15) is 11.4 Å². The third-order valence-electron chi connectivity index (χ3n) is 5.09. The summed E-state index contributed by atoms with van der Waals surface area (Å²) in [5.41, 5.74) is 2.23. The van der Waals surface area contributed by atoms with E-state index in [1.54, 1.807) is 19.4 Å². The Balaban J connectivity index is 1.42. The zero-order valence-corrected chi connectivity index (χ0v) is 15.8. The van der Waals surface area contributed by atoms with Crippen LogP contribution < -0.4 is 4.74 Å². The lowest BCUT2D eigenvalue weighted by Crippen LogP contribution is -2.39. The minimum atomic E-state index is 0.0542. The molecule has 0 spiro atoms. The molecule has 0 N–H and O–H groups in total. The summed E-state index contributed by atoms with van der Waals surface area (Å²) in [4.78, 5) is 19.0. The van der Waals surface area contributed by atoms with Crippen molar-refractivity contribution in [2.75, 3.05) is 20.2 Å². The first kappa shape index (κ1) is 17.8. The van der Waals surface area contributed by atoms with E-state index in [0.29, 0.717) is 41.1 Å². The Morgan fingerprint density at radius 2 is 2.15 bits per heavy atom. The van der Waals surface area contributed by atoms with Gasteiger partial charge in [-0.1, -0.05) is 16.8 Å². The summed E-state index contributed by atoms with van der Waals surface area (Å²) in [7, 11) is 1.61. The van der Waals surface area contributed by atoms with E-state index in [9.17, 15) is 4.79 Å². The van der Waals surface area contributed by atoms with Crippen LogP contribution in [0.15, 0.2) is 41.1 Å². The number of rotatable bonds is 4. The van der Waals surface area contributed by atoms with E-state index in [0.717, 1.165) is 23.9 Å². The summed E-state index contributed by atoms with van der Waals surface area (Å²) in [6.07, 6.45) is 3.70. The van der Waals surface area contributed by atoms with Gasteiger partial charge in [-0.2, -0.15) is 0 Å². The second-order valence-corrected chi connectivity index (χ2v) is 7.10. The standard InChI is InChI=1S/C20H20ClN3O3/c1-26-14-4-5-18-15(11-14)17(23-27-18)12-19(25)24-9-6-13(7-10-24)20-16(21)3-2-8-22-20/h2-5,8,11,13H,6-7,9-10,12H2,1H3. The average Bonchev–Trinajstić information content (AvgIpc) is 3.10. The van der Waals surface area contributed by atoms with Crippen molar-refractivity contribution in [3.63, 3.8) is 0 Å². The molecule has 7 heteroatoms. The number of hydrogen-bond acceptors (Lipinski definition) is 5. The molecule has 3 aromatic rings. The van der Waals surface area contributed by atoms with E-state index < -0.39 is 0 Å². The van der Waals surface area contributed by atoms with E-state index in [-0.39, 0.29) is 12.3 Å². The van der Waals surface area contributed by atoms with Crippen molar-refractivity contribution in [1.29, 1.82) is 0 Å². The summed E-state index contributed by atoms with van der Waals surface area (Å²) in [5.74, 6) is 1.06. The summed E-state index contributed by atoms with van der Waals surface area (Å²) in [5, 5.41) is 5.59. The van der Waals surface area contributed by atoms with Gasteiger partial charge in [0.25, 0.3) is 0 Å². The quantitative estimate of drug-likeness (QED) is 0.682. The van der Waals surface area contributed by atoms with Crippen molar-refractivity contribution in [3.8, 4) is 5.75 Å². The molecule has 1 aliphatic heterocycles. The Labute approximate surface area is 162 Å². The zero-order valence-electron chi connectivity index (χ0n) is 15.0. The molecule has 4 rings (SSSR count). The molecule has 1 amide bonds. The highest BCUT2D eigenvalue weighted by Crippen LogP contribution is 2.31. The smallest absolute Gasteiger partial charge is 0.228 e. The number of amides is 1. The fourth-order valence-corrected chi connectivity index (χ4v) is 3.85. The monoisotopic (exact) mass is 385 g/mol. The number of ether oxygens (including phenoxy) is 1. The summed E-state index contributed by atoms with van der Waals surface area (Å²) in [6, 6.07) is 9.17. The van der Waals surface area contributed by atoms with Gasteiger partial charge in [0, 0.05) is 30.6 Å². The number of pyridine rings is 1. The highest BCUT2D eigenvalue weighted by Gasteiger charge is 2.26. The average molecular weight is 386 g/mol. The molecule has 1 saturated heterocycles. The van der Waals surface area contributed by atoms with Crippen LogP contribution >= 0.6 is 11.6 Å². The molecule has 2 aromatic heterocycles. The number of fused-ring (bicyclic) bond motifs is 1. The SMILES string of the molecule is COc1ccc2onc(CC(=O)N3CCC(c4ncccc4Cl)CC3)c2c1. The van der Waals surface area contributed by atoms with Crippen LogP contribution in [0.25, 0.3) is 11.0 Å². The highest BCUT2D eigenvalue weighted by atomic mass is 35.5. The topological polar surface area (TPSA) is 68.5 Å². The van der Waals surface area contributed by atoms with Crippen molar-refractivity contribution < 1.29 is 14.1 Å². The molecular weight excluding hydrogens is 366 g/mol. The van der Waals surface area contributed by atoms with Gasteiger partial charge in [0.2, 0.25) is 5.91 Å². The number of carbonyl (C=O) groups excluding carboxylic acids is 1. The van der Waals surface area contributed by atoms with Gasteiger partial charge in [-0.15, -0.1) is 0 Å². The first-order chi connectivity index (χ1) is 13.2. The van der Waals surface area contributed by atoms with Crippen LogP contribution in [0.4, 0.5) is 0 Å². The third-order valence-corrected chi connectivity index (χ3v) is 5.41. The number of carbonyl (C=O) groups is 1. The molecule has 0 atom stereocenters. The highest BCUT2D eigenvalue weighted by molar-refractivity contribution is 6.31. The number of halogens is 1. The molecule has 1 aliphatic rings. The Kier molecular flexibility index (Phi) is 4.99. The summed E-state index contributed by atoms with van der Waals surface area (Å²) in [6.45, 7) is 1.38. The fraction of sp³-hybridized carbons (Fsp3) is 0.350. The number of piperidine rings is 1. The minimum absolute atomic E-state index is 0.0542. The van der Waals surface area contributed by atoms with Gasteiger partial charge < -0.3 is 14.2 Å². The molecule has 3 heterocycles. The third kappa shape index (κ3) is 3.62. The molecule has 27 heavy (non-hydrogen) atoms. The predicted molar refractivity (Wildman–Crippen MR) is 102 cm³/mol. The number of hydrogen-bond donors (Lipinski definition) is 0. The Bertz CT molecular complexity index is 964. The zero-order chi connectivity index (χ0) is 18.8. The van der Waals surface area contributed by atoms with Crippen LogP contribution in [0.3, 0.4) is 0 Å². The van der Waals surface area contributed by atoms with Crippen molar-refractivity contribution in [3.05, 3.63) is 52.9 Å². The molecular formula is C20H20ClN3O3. The lowest BCUT2D eigenvalue weighted by Gasteiger charge is -2.32. The maximum absolute atomic E-state index is 12.7. The number of benzene rings is 1. The first-order valence-corrected chi connectivity index (χ1v) is 9.34. The molecule has 140 valence electrons. The molecule has 0 saturated carbocycles. The lowest BCUT2D eigenvalue weighted by molar-refractivity contribution is -0.131. The first-order valence-electron chi connectivity index (χ1n) is 8.96. The summed E-state index contributed by atoms with van der Waals surface area (Å²) >= 11 is 6.26. The predicted octanol–water partition coefficient (Wildman–Crippen LogP) is 3.83. The Morgan fingerprint density at radius 3 is 2.89 bits per heavy atom. The second kappa shape index (κ2) is 7.56. The number of nitrogens with zero attached hydrogens (tertiary/aromatic N) is 3. The van der Waals surface area contributed by atoms with E-state index in [1.165, 1.54) is 0 Å². The van der Waals surface area contributed by atoms with E-state index in [1.807, 2.05) is 29.2 Å². The van der Waals surface area contributed by atoms with Crippen LogP contribution in [-0.4, -0.2) is 41.1 Å². The molecule has 1 aromatic carbocycles. The fourth-order valence-electron chi connectivity index (χ4n) is 3.58. The van der Waals surface area contributed by atoms with Gasteiger partial charge in [-0.3, -0.25) is 9.78 Å². The number of aromatic nitrogens is 2. The van der Waals surface area contributed by atoms with E-state index in [2.05, 4.69) is 10.1 Å². The minimum Gasteiger partial charge on any atom is -0.497 e. The van der Waals surface area contributed by atoms with Crippen LogP contribution in [-0.2, 0) is 11.2 Å². The maximum atomic E-state index is 12.7. The molecule has 1 fully saturated rings. The lowest BCUT2D eigenvalue weighted by atomic mass is 9.92. The normalized spacial score (nSPS) is 15.3. The molecule has 0 unspecified atom stereocenters. The van der Waals surface area contributed by atoms with Gasteiger partial charge in [0.15, 0.2) is 5.58 Å². The van der Waals surface area contributed by atoms with Gasteiger partial charge in [-0.05, 0) is 43.2 Å². The van der Waals surface area contributed by atoms with Gasteiger partial charge in [-0.25, -0.2) is 0 Å².